The third-order valence-electron chi connectivity index (χ3n) is 3.46. The van der Waals surface area contributed by atoms with Crippen LogP contribution < -0.4 is 10.6 Å². The number of urea groups is 1. The van der Waals surface area contributed by atoms with Crippen LogP contribution in [0.1, 0.15) is 11.1 Å². The standard InChI is InChI=1S/C14H14F3N5O/c15-14(16,17)8-22-6-9-2-1-3-12(11(9)7-22)21-13(23)20-10-4-18-19-5-10/h1-5H,6-8H2,(H,18,19)(H2,20,21,23). The number of aromatic amines is 1. The molecule has 0 aliphatic carbocycles. The van der Waals surface area contributed by atoms with Crippen LogP contribution in [0.2, 0.25) is 0 Å². The van der Waals surface area contributed by atoms with E-state index in [0.717, 1.165) is 5.56 Å². The number of fused-ring (bicyclic) bond motifs is 1. The molecule has 9 heteroatoms. The van der Waals surface area contributed by atoms with Gasteiger partial charge in [-0.1, -0.05) is 12.1 Å². The summed E-state index contributed by atoms with van der Waals surface area (Å²) in [5.74, 6) is 0. The predicted octanol–water partition coefficient (Wildman–Crippen LogP) is 2.93. The highest BCUT2D eigenvalue weighted by atomic mass is 19.4. The van der Waals surface area contributed by atoms with E-state index in [2.05, 4.69) is 20.8 Å². The van der Waals surface area contributed by atoms with Crippen molar-refractivity contribution < 1.29 is 18.0 Å². The Morgan fingerprint density at radius 3 is 2.83 bits per heavy atom. The molecule has 3 N–H and O–H groups in total. The summed E-state index contributed by atoms with van der Waals surface area (Å²) in [5.41, 5.74) is 2.50. The van der Waals surface area contributed by atoms with E-state index < -0.39 is 18.8 Å². The fraction of sp³-hybridized carbons (Fsp3) is 0.286. The summed E-state index contributed by atoms with van der Waals surface area (Å²) in [6.07, 6.45) is -1.28. The number of hydrogen-bond acceptors (Lipinski definition) is 3. The molecule has 1 aliphatic heterocycles. The van der Waals surface area contributed by atoms with E-state index in [1.807, 2.05) is 0 Å². The van der Waals surface area contributed by atoms with Crippen molar-refractivity contribution in [2.45, 2.75) is 19.3 Å². The van der Waals surface area contributed by atoms with E-state index in [0.29, 0.717) is 16.9 Å². The van der Waals surface area contributed by atoms with Crippen molar-refractivity contribution in [3.05, 3.63) is 41.7 Å². The molecule has 6 nitrogen and oxygen atoms in total. The molecule has 23 heavy (non-hydrogen) atoms. The Kier molecular flexibility index (Phi) is 3.95. The second kappa shape index (κ2) is 5.92. The Bertz CT molecular complexity index is 699. The topological polar surface area (TPSA) is 73.0 Å². The molecule has 0 fully saturated rings. The van der Waals surface area contributed by atoms with Gasteiger partial charge in [0.15, 0.2) is 0 Å². The number of rotatable bonds is 3. The summed E-state index contributed by atoms with van der Waals surface area (Å²) in [5, 5.41) is 11.5. The molecule has 2 aromatic rings. The van der Waals surface area contributed by atoms with Gasteiger partial charge in [-0.25, -0.2) is 4.79 Å². The Balaban J connectivity index is 1.69. The number of amides is 2. The molecule has 2 heterocycles. The maximum absolute atomic E-state index is 12.5. The van der Waals surface area contributed by atoms with Gasteiger partial charge < -0.3 is 10.6 Å². The maximum atomic E-state index is 12.5. The molecule has 0 bridgehead atoms. The second-order valence-electron chi connectivity index (χ2n) is 5.27. The predicted molar refractivity (Wildman–Crippen MR) is 77.8 cm³/mol. The first-order valence-electron chi connectivity index (χ1n) is 6.87. The number of carbonyl (C=O) groups excluding carboxylic acids is 1. The van der Waals surface area contributed by atoms with Crippen molar-refractivity contribution >= 4 is 17.4 Å². The monoisotopic (exact) mass is 325 g/mol. The molecular weight excluding hydrogens is 311 g/mol. The Morgan fingerprint density at radius 1 is 1.30 bits per heavy atom. The number of halogens is 3. The molecule has 0 radical (unpaired) electrons. The van der Waals surface area contributed by atoms with E-state index in [-0.39, 0.29) is 13.1 Å². The lowest BCUT2D eigenvalue weighted by Crippen LogP contribution is -2.30. The van der Waals surface area contributed by atoms with Gasteiger partial charge in [0.05, 0.1) is 18.4 Å². The number of benzene rings is 1. The average molecular weight is 325 g/mol. The van der Waals surface area contributed by atoms with E-state index in [1.165, 1.54) is 17.3 Å². The number of anilines is 2. The first-order chi connectivity index (χ1) is 10.9. The third-order valence-corrected chi connectivity index (χ3v) is 3.46. The molecule has 1 aliphatic rings. The first kappa shape index (κ1) is 15.3. The smallest absolute Gasteiger partial charge is 0.307 e. The van der Waals surface area contributed by atoms with E-state index in [1.54, 1.807) is 18.2 Å². The summed E-state index contributed by atoms with van der Waals surface area (Å²) in [6.45, 7) is -0.604. The Morgan fingerprint density at radius 2 is 2.13 bits per heavy atom. The van der Waals surface area contributed by atoms with Gasteiger partial charge in [-0.2, -0.15) is 18.3 Å². The first-order valence-corrected chi connectivity index (χ1v) is 6.87. The average Bonchev–Trinajstić information content (AvgIpc) is 3.06. The zero-order valence-corrected chi connectivity index (χ0v) is 11.9. The van der Waals surface area contributed by atoms with Crippen molar-refractivity contribution in [1.29, 1.82) is 0 Å². The molecule has 0 saturated heterocycles. The van der Waals surface area contributed by atoms with Gasteiger partial charge >= 0.3 is 12.2 Å². The SMILES string of the molecule is O=C(Nc1cn[nH]c1)Nc1cccc2c1CN(CC(F)(F)F)C2. The molecule has 1 aromatic heterocycles. The molecular formula is C14H14F3N5O. The summed E-state index contributed by atoms with van der Waals surface area (Å²) in [4.78, 5) is 13.2. The van der Waals surface area contributed by atoms with Gasteiger partial charge in [0, 0.05) is 25.0 Å². The quantitative estimate of drug-likeness (QED) is 0.812. The molecule has 2 amide bonds. The minimum absolute atomic E-state index is 0.150. The summed E-state index contributed by atoms with van der Waals surface area (Å²) < 4.78 is 37.6. The van der Waals surface area contributed by atoms with Gasteiger partial charge in [-0.15, -0.1) is 0 Å². The van der Waals surface area contributed by atoms with E-state index in [9.17, 15) is 18.0 Å². The largest absolute Gasteiger partial charge is 0.401 e. The van der Waals surface area contributed by atoms with Crippen molar-refractivity contribution in [2.24, 2.45) is 0 Å². The van der Waals surface area contributed by atoms with Crippen LogP contribution in [0, 0.1) is 0 Å². The van der Waals surface area contributed by atoms with Gasteiger partial charge in [0.1, 0.15) is 0 Å². The normalized spacial score (nSPS) is 14.6. The number of nitrogens with zero attached hydrogens (tertiary/aromatic N) is 2. The summed E-state index contributed by atoms with van der Waals surface area (Å²) >= 11 is 0. The van der Waals surface area contributed by atoms with Crippen LogP contribution in [0.15, 0.2) is 30.6 Å². The highest BCUT2D eigenvalue weighted by Crippen LogP contribution is 2.31. The Hall–Kier alpha value is -2.55. The highest BCUT2D eigenvalue weighted by molar-refractivity contribution is 6.00. The number of alkyl halides is 3. The van der Waals surface area contributed by atoms with Crippen molar-refractivity contribution in [1.82, 2.24) is 15.1 Å². The lowest BCUT2D eigenvalue weighted by atomic mass is 10.1. The van der Waals surface area contributed by atoms with Crippen LogP contribution in [-0.2, 0) is 13.1 Å². The zero-order valence-electron chi connectivity index (χ0n) is 11.9. The number of aromatic nitrogens is 2. The third kappa shape index (κ3) is 3.81. The maximum Gasteiger partial charge on any atom is 0.401 e. The lowest BCUT2D eigenvalue weighted by Gasteiger charge is -2.17. The molecule has 3 rings (SSSR count). The molecule has 0 spiro atoms. The fourth-order valence-corrected chi connectivity index (χ4v) is 2.58. The summed E-state index contributed by atoms with van der Waals surface area (Å²) in [7, 11) is 0. The zero-order chi connectivity index (χ0) is 16.4. The number of H-pyrrole nitrogens is 1. The van der Waals surface area contributed by atoms with Crippen LogP contribution in [0.3, 0.4) is 0 Å². The molecule has 0 atom stereocenters. The van der Waals surface area contributed by atoms with Crippen LogP contribution in [0.4, 0.5) is 29.3 Å². The van der Waals surface area contributed by atoms with Crippen LogP contribution >= 0.6 is 0 Å². The van der Waals surface area contributed by atoms with E-state index >= 15 is 0 Å². The molecule has 1 aromatic carbocycles. The minimum atomic E-state index is -4.24. The summed E-state index contributed by atoms with van der Waals surface area (Å²) in [6, 6.07) is 4.67. The highest BCUT2D eigenvalue weighted by Gasteiger charge is 2.34. The van der Waals surface area contributed by atoms with Crippen LogP contribution in [0.5, 0.6) is 0 Å². The fourth-order valence-electron chi connectivity index (χ4n) is 2.58. The minimum Gasteiger partial charge on any atom is -0.307 e. The molecule has 122 valence electrons. The number of nitrogens with one attached hydrogen (secondary N) is 3. The van der Waals surface area contributed by atoms with Gasteiger partial charge in [-0.05, 0) is 17.2 Å². The van der Waals surface area contributed by atoms with Gasteiger partial charge in [0.2, 0.25) is 0 Å². The van der Waals surface area contributed by atoms with Crippen molar-refractivity contribution in [3.8, 4) is 0 Å². The van der Waals surface area contributed by atoms with Crippen LogP contribution in [0.25, 0.3) is 0 Å². The number of carbonyl (C=O) groups is 1. The Labute approximate surface area is 129 Å². The van der Waals surface area contributed by atoms with E-state index in [4.69, 9.17) is 0 Å². The lowest BCUT2D eigenvalue weighted by molar-refractivity contribution is -0.146. The second-order valence-corrected chi connectivity index (χ2v) is 5.27. The number of hydrogen-bond donors (Lipinski definition) is 3. The van der Waals surface area contributed by atoms with Gasteiger partial charge in [-0.3, -0.25) is 10.00 Å². The van der Waals surface area contributed by atoms with Crippen molar-refractivity contribution in [3.63, 3.8) is 0 Å². The van der Waals surface area contributed by atoms with Crippen LogP contribution in [-0.4, -0.2) is 33.8 Å². The molecule has 0 saturated carbocycles. The molecule has 0 unspecified atom stereocenters. The van der Waals surface area contributed by atoms with Crippen molar-refractivity contribution in [2.75, 3.05) is 17.2 Å². The van der Waals surface area contributed by atoms with Gasteiger partial charge in [0.25, 0.3) is 0 Å².